The van der Waals surface area contributed by atoms with Crippen molar-refractivity contribution in [3.05, 3.63) is 29.8 Å². The van der Waals surface area contributed by atoms with Crippen LogP contribution in [-0.2, 0) is 25.6 Å². The zero-order chi connectivity index (χ0) is 23.4. The summed E-state index contributed by atoms with van der Waals surface area (Å²) in [4.78, 5) is 48.6. The van der Waals surface area contributed by atoms with Crippen LogP contribution in [0.3, 0.4) is 0 Å². The summed E-state index contributed by atoms with van der Waals surface area (Å²) < 4.78 is 0. The molecular weight excluding hydrogens is 422 g/mol. The molecule has 8 N–H and O–H groups in total. The summed E-state index contributed by atoms with van der Waals surface area (Å²) in [7, 11) is 0. The lowest BCUT2D eigenvalue weighted by Crippen LogP contribution is -2.57. The van der Waals surface area contributed by atoms with E-state index in [-0.39, 0.29) is 23.8 Å². The number of hydrogen-bond donors (Lipinski definition) is 7. The molecule has 11 heteroatoms. The number of nitrogens with one attached hydrogen (secondary N) is 3. The van der Waals surface area contributed by atoms with Crippen molar-refractivity contribution in [2.24, 2.45) is 11.5 Å². The molecule has 0 bridgehead atoms. The predicted molar refractivity (Wildman–Crippen MR) is 119 cm³/mol. The standard InChI is InChI=1S/C20H31N5O5S/c1-12(26)23-15(4-2-3-9-21)19(29)24-16(10-13-5-7-14(27)8-6-13)20(30)25-17(11-31)18(22)28/h5-8,15-17,27,31H,2-4,9-11,21H2,1H3,(H2,22,28)(H,23,26)(H,24,29)(H,25,30)/t15?,16?,17-/m0/s1. The maximum atomic E-state index is 12.8. The molecule has 0 aromatic heterocycles. The highest BCUT2D eigenvalue weighted by atomic mass is 32.1. The minimum Gasteiger partial charge on any atom is -0.508 e. The normalized spacial score (nSPS) is 13.5. The molecule has 0 aliphatic carbocycles. The van der Waals surface area contributed by atoms with Gasteiger partial charge in [-0.3, -0.25) is 19.2 Å². The molecule has 0 aliphatic heterocycles. The van der Waals surface area contributed by atoms with Crippen LogP contribution in [0.5, 0.6) is 5.75 Å². The molecule has 1 aromatic carbocycles. The summed E-state index contributed by atoms with van der Waals surface area (Å²) in [6.45, 7) is 1.76. The van der Waals surface area contributed by atoms with Gasteiger partial charge < -0.3 is 32.5 Å². The minimum atomic E-state index is -1.05. The summed E-state index contributed by atoms with van der Waals surface area (Å²) in [5, 5.41) is 17.2. The van der Waals surface area contributed by atoms with Crippen molar-refractivity contribution in [2.45, 2.75) is 50.7 Å². The Balaban J connectivity index is 3.02. The van der Waals surface area contributed by atoms with Crippen LogP contribution in [0, 0.1) is 0 Å². The minimum absolute atomic E-state index is 0.00540. The Morgan fingerprint density at radius 1 is 0.968 bits per heavy atom. The SMILES string of the molecule is CC(=O)NC(CCCCN)C(=O)NC(Cc1ccc(O)cc1)C(=O)N[C@@H](CS)C(N)=O. The van der Waals surface area contributed by atoms with Gasteiger partial charge in [0.15, 0.2) is 0 Å². The van der Waals surface area contributed by atoms with E-state index in [0.29, 0.717) is 31.4 Å². The molecular formula is C20H31N5O5S. The Kier molecular flexibility index (Phi) is 11.4. The molecule has 172 valence electrons. The third kappa shape index (κ3) is 9.71. The fraction of sp³-hybridized carbons (Fsp3) is 0.500. The van der Waals surface area contributed by atoms with Gasteiger partial charge in [-0.25, -0.2) is 0 Å². The molecule has 1 rings (SSSR count). The molecule has 0 heterocycles. The number of phenolic OH excluding ortho intramolecular Hbond substituents is 1. The second-order valence-electron chi connectivity index (χ2n) is 7.12. The number of amides is 4. The Bertz CT molecular complexity index is 759. The fourth-order valence-corrected chi connectivity index (χ4v) is 3.11. The number of aromatic hydroxyl groups is 1. The van der Waals surface area contributed by atoms with Gasteiger partial charge in [0.25, 0.3) is 0 Å². The number of nitrogens with two attached hydrogens (primary N) is 2. The van der Waals surface area contributed by atoms with Crippen molar-refractivity contribution >= 4 is 36.3 Å². The van der Waals surface area contributed by atoms with Crippen LogP contribution in [0.1, 0.15) is 31.7 Å². The molecule has 0 saturated heterocycles. The van der Waals surface area contributed by atoms with Crippen LogP contribution < -0.4 is 27.4 Å². The maximum absolute atomic E-state index is 12.8. The third-order valence-corrected chi connectivity index (χ3v) is 4.86. The fourth-order valence-electron chi connectivity index (χ4n) is 2.84. The van der Waals surface area contributed by atoms with Crippen molar-refractivity contribution in [1.29, 1.82) is 0 Å². The van der Waals surface area contributed by atoms with Crippen molar-refractivity contribution < 1.29 is 24.3 Å². The molecule has 31 heavy (non-hydrogen) atoms. The lowest BCUT2D eigenvalue weighted by atomic mass is 10.0. The average Bonchev–Trinajstić information content (AvgIpc) is 2.71. The van der Waals surface area contributed by atoms with E-state index in [9.17, 15) is 24.3 Å². The molecule has 3 atom stereocenters. The van der Waals surface area contributed by atoms with Crippen molar-refractivity contribution in [2.75, 3.05) is 12.3 Å². The van der Waals surface area contributed by atoms with Crippen LogP contribution in [-0.4, -0.2) is 59.2 Å². The highest BCUT2D eigenvalue weighted by Crippen LogP contribution is 2.12. The van der Waals surface area contributed by atoms with Gasteiger partial charge in [-0.15, -0.1) is 0 Å². The molecule has 0 radical (unpaired) electrons. The number of phenols is 1. The van der Waals surface area contributed by atoms with Crippen LogP contribution in [0.4, 0.5) is 0 Å². The molecule has 0 saturated carbocycles. The first-order chi connectivity index (χ1) is 14.7. The van der Waals surface area contributed by atoms with E-state index in [2.05, 4.69) is 28.6 Å². The number of rotatable bonds is 13. The lowest BCUT2D eigenvalue weighted by molar-refractivity contribution is -0.133. The second kappa shape index (κ2) is 13.5. The second-order valence-corrected chi connectivity index (χ2v) is 7.48. The largest absolute Gasteiger partial charge is 0.508 e. The van der Waals surface area contributed by atoms with Crippen molar-refractivity contribution in [3.63, 3.8) is 0 Å². The van der Waals surface area contributed by atoms with E-state index >= 15 is 0 Å². The van der Waals surface area contributed by atoms with Gasteiger partial charge in [-0.05, 0) is 43.5 Å². The van der Waals surface area contributed by atoms with E-state index in [1.165, 1.54) is 19.1 Å². The number of hydrogen-bond acceptors (Lipinski definition) is 7. The maximum Gasteiger partial charge on any atom is 0.243 e. The first-order valence-corrected chi connectivity index (χ1v) is 10.6. The van der Waals surface area contributed by atoms with Gasteiger partial charge in [0, 0.05) is 19.1 Å². The number of primary amides is 1. The van der Waals surface area contributed by atoms with E-state index in [1.807, 2.05) is 0 Å². The van der Waals surface area contributed by atoms with Crippen molar-refractivity contribution in [3.8, 4) is 5.75 Å². The van der Waals surface area contributed by atoms with Gasteiger partial charge in [0.2, 0.25) is 23.6 Å². The molecule has 4 amide bonds. The quantitative estimate of drug-likeness (QED) is 0.148. The lowest BCUT2D eigenvalue weighted by Gasteiger charge is -2.24. The number of unbranched alkanes of at least 4 members (excludes halogenated alkanes) is 1. The first kappa shape index (κ1) is 26.2. The van der Waals surface area contributed by atoms with Crippen LogP contribution in [0.25, 0.3) is 0 Å². The zero-order valence-electron chi connectivity index (χ0n) is 17.5. The predicted octanol–water partition coefficient (Wildman–Crippen LogP) is -1.05. The number of benzene rings is 1. The molecule has 0 fully saturated rings. The van der Waals surface area contributed by atoms with Gasteiger partial charge in [0.1, 0.15) is 23.9 Å². The zero-order valence-corrected chi connectivity index (χ0v) is 18.4. The summed E-state index contributed by atoms with van der Waals surface area (Å²) in [6.07, 6.45) is 1.75. The summed E-state index contributed by atoms with van der Waals surface area (Å²) >= 11 is 4.01. The summed E-state index contributed by atoms with van der Waals surface area (Å²) in [5.74, 6) is -2.24. The molecule has 0 aliphatic rings. The topological polar surface area (TPSA) is 177 Å². The van der Waals surface area contributed by atoms with Gasteiger partial charge >= 0.3 is 0 Å². The van der Waals surface area contributed by atoms with E-state index in [4.69, 9.17) is 11.5 Å². The number of carbonyl (C=O) groups is 4. The Labute approximate surface area is 186 Å². The van der Waals surface area contributed by atoms with Crippen LogP contribution in [0.15, 0.2) is 24.3 Å². The molecule has 1 aromatic rings. The van der Waals surface area contributed by atoms with Gasteiger partial charge in [-0.2, -0.15) is 12.6 Å². The molecule has 0 spiro atoms. The van der Waals surface area contributed by atoms with E-state index in [1.54, 1.807) is 12.1 Å². The Morgan fingerprint density at radius 3 is 2.06 bits per heavy atom. The van der Waals surface area contributed by atoms with Crippen molar-refractivity contribution in [1.82, 2.24) is 16.0 Å². The Hall–Kier alpha value is -2.79. The summed E-state index contributed by atoms with van der Waals surface area (Å²) in [6, 6.07) is 3.24. The monoisotopic (exact) mass is 453 g/mol. The average molecular weight is 454 g/mol. The third-order valence-electron chi connectivity index (χ3n) is 4.49. The smallest absolute Gasteiger partial charge is 0.243 e. The number of thiol groups is 1. The molecule has 2 unspecified atom stereocenters. The van der Waals surface area contributed by atoms with Gasteiger partial charge in [0.05, 0.1) is 0 Å². The number of carbonyl (C=O) groups excluding carboxylic acids is 4. The van der Waals surface area contributed by atoms with E-state index < -0.39 is 35.8 Å². The Morgan fingerprint density at radius 2 is 1.55 bits per heavy atom. The van der Waals surface area contributed by atoms with Crippen LogP contribution >= 0.6 is 12.6 Å². The van der Waals surface area contributed by atoms with Gasteiger partial charge in [-0.1, -0.05) is 12.1 Å². The highest BCUT2D eigenvalue weighted by molar-refractivity contribution is 7.80. The highest BCUT2D eigenvalue weighted by Gasteiger charge is 2.28. The van der Waals surface area contributed by atoms with Crippen LogP contribution in [0.2, 0.25) is 0 Å². The first-order valence-electron chi connectivity index (χ1n) is 9.93. The molecule has 10 nitrogen and oxygen atoms in total. The van der Waals surface area contributed by atoms with E-state index in [0.717, 1.165) is 0 Å². The summed E-state index contributed by atoms with van der Waals surface area (Å²) in [5.41, 5.74) is 11.4.